The van der Waals surface area contributed by atoms with Crippen LogP contribution >= 0.6 is 0 Å². The number of sulfonamides is 1. The summed E-state index contributed by atoms with van der Waals surface area (Å²) in [6, 6.07) is 7.23. The van der Waals surface area contributed by atoms with Crippen LogP contribution in [0.1, 0.15) is 62.0 Å². The standard InChI is InChI=1S/C25H28F2N4O4S/c1-25(2,3)36(33,34)29-24(32)20-13-28-31-9-8-17(12-22(20)31)30-14-16(27)11-21(30)19-10-15(26)4-7-23(19)35-18-5-6-18/h4,7-10,12-13,16,18,21H,5-6,11,14H2,1-3H3,(H,29,32)/t16-,21+/m0/s1. The fourth-order valence-corrected chi connectivity index (χ4v) is 4.93. The number of rotatable bonds is 6. The van der Waals surface area contributed by atoms with Gasteiger partial charge in [0.25, 0.3) is 5.91 Å². The molecule has 1 aromatic carbocycles. The van der Waals surface area contributed by atoms with Gasteiger partial charge in [0.2, 0.25) is 10.0 Å². The van der Waals surface area contributed by atoms with Crippen molar-refractivity contribution in [1.29, 1.82) is 0 Å². The molecule has 5 rings (SSSR count). The van der Waals surface area contributed by atoms with Gasteiger partial charge in [0.15, 0.2) is 0 Å². The van der Waals surface area contributed by atoms with Crippen LogP contribution in [-0.2, 0) is 10.0 Å². The van der Waals surface area contributed by atoms with E-state index in [4.69, 9.17) is 4.74 Å². The third-order valence-electron chi connectivity index (χ3n) is 6.51. The van der Waals surface area contributed by atoms with Crippen molar-refractivity contribution >= 4 is 27.1 Å². The van der Waals surface area contributed by atoms with Crippen molar-refractivity contribution in [3.8, 4) is 5.75 Å². The smallest absolute Gasteiger partial charge is 0.268 e. The lowest BCUT2D eigenvalue weighted by atomic mass is 10.0. The maximum atomic E-state index is 14.7. The Labute approximate surface area is 208 Å². The van der Waals surface area contributed by atoms with Gasteiger partial charge in [-0.15, -0.1) is 0 Å². The number of aromatic nitrogens is 2. The average molecular weight is 519 g/mol. The number of hydrogen-bond donors (Lipinski definition) is 1. The van der Waals surface area contributed by atoms with Crippen molar-refractivity contribution in [3.05, 3.63) is 59.7 Å². The van der Waals surface area contributed by atoms with E-state index in [0.717, 1.165) is 12.8 Å². The van der Waals surface area contributed by atoms with Gasteiger partial charge < -0.3 is 9.64 Å². The van der Waals surface area contributed by atoms with E-state index in [0.29, 0.717) is 22.5 Å². The van der Waals surface area contributed by atoms with Crippen molar-refractivity contribution in [2.45, 2.75) is 63.1 Å². The Bertz CT molecular complexity index is 1430. The van der Waals surface area contributed by atoms with Crippen LogP contribution in [0.3, 0.4) is 0 Å². The molecule has 192 valence electrons. The summed E-state index contributed by atoms with van der Waals surface area (Å²) in [7, 11) is -3.93. The predicted octanol–water partition coefficient (Wildman–Crippen LogP) is 4.16. The number of hydrogen-bond acceptors (Lipinski definition) is 6. The van der Waals surface area contributed by atoms with E-state index in [2.05, 4.69) is 9.82 Å². The minimum absolute atomic E-state index is 0.0701. The number of carbonyl (C=O) groups is 1. The Hall–Kier alpha value is -3.21. The molecule has 1 N–H and O–H groups in total. The summed E-state index contributed by atoms with van der Waals surface area (Å²) in [5.41, 5.74) is 1.61. The van der Waals surface area contributed by atoms with Crippen molar-refractivity contribution in [3.63, 3.8) is 0 Å². The minimum Gasteiger partial charge on any atom is -0.490 e. The van der Waals surface area contributed by atoms with E-state index in [1.165, 1.54) is 43.6 Å². The summed E-state index contributed by atoms with van der Waals surface area (Å²) >= 11 is 0. The number of anilines is 1. The van der Waals surface area contributed by atoms with Crippen LogP contribution in [0, 0.1) is 5.82 Å². The molecule has 2 aliphatic rings. The highest BCUT2D eigenvalue weighted by atomic mass is 32.2. The Morgan fingerprint density at radius 2 is 1.94 bits per heavy atom. The molecule has 0 bridgehead atoms. The monoisotopic (exact) mass is 518 g/mol. The van der Waals surface area contributed by atoms with E-state index >= 15 is 0 Å². The van der Waals surface area contributed by atoms with E-state index in [1.807, 2.05) is 4.90 Å². The van der Waals surface area contributed by atoms with Crippen LogP contribution < -0.4 is 14.4 Å². The zero-order valence-electron chi connectivity index (χ0n) is 20.2. The highest BCUT2D eigenvalue weighted by Gasteiger charge is 2.37. The van der Waals surface area contributed by atoms with Gasteiger partial charge in [0, 0.05) is 30.4 Å². The molecular formula is C25H28F2N4O4S. The number of ether oxygens (including phenoxy) is 1. The maximum absolute atomic E-state index is 14.7. The maximum Gasteiger partial charge on any atom is 0.268 e. The average Bonchev–Trinajstić information content (AvgIpc) is 3.37. The van der Waals surface area contributed by atoms with E-state index in [-0.39, 0.29) is 24.6 Å². The predicted molar refractivity (Wildman–Crippen MR) is 131 cm³/mol. The normalized spacial score (nSPS) is 20.6. The van der Waals surface area contributed by atoms with Crippen molar-refractivity contribution < 1.29 is 26.7 Å². The number of nitrogens with zero attached hydrogens (tertiary/aromatic N) is 3. The molecule has 1 aliphatic carbocycles. The SMILES string of the molecule is CC(C)(C)S(=O)(=O)NC(=O)c1cnn2ccc(N3C[C@@H](F)C[C@@H]3c3cc(F)ccc3OC3CC3)cc12. The van der Waals surface area contributed by atoms with Crippen LogP contribution in [0.5, 0.6) is 5.75 Å². The van der Waals surface area contributed by atoms with E-state index in [9.17, 15) is 22.0 Å². The molecule has 2 fully saturated rings. The van der Waals surface area contributed by atoms with E-state index in [1.54, 1.807) is 24.4 Å². The van der Waals surface area contributed by atoms with E-state index < -0.39 is 38.7 Å². The molecule has 0 radical (unpaired) electrons. The summed E-state index contributed by atoms with van der Waals surface area (Å²) in [6.07, 6.45) is 3.89. The van der Waals surface area contributed by atoms with Crippen LogP contribution in [-0.4, -0.2) is 47.5 Å². The molecule has 2 atom stereocenters. The molecule has 3 heterocycles. The first-order chi connectivity index (χ1) is 16.9. The van der Waals surface area contributed by atoms with Gasteiger partial charge in [0.1, 0.15) is 17.7 Å². The summed E-state index contributed by atoms with van der Waals surface area (Å²) in [6.45, 7) is 4.55. The highest BCUT2D eigenvalue weighted by Crippen LogP contribution is 2.43. The fraction of sp³-hybridized carbons (Fsp3) is 0.440. The number of nitrogens with one attached hydrogen (secondary N) is 1. The van der Waals surface area contributed by atoms with Gasteiger partial charge in [-0.05, 0) is 63.9 Å². The van der Waals surface area contributed by atoms with Crippen molar-refractivity contribution in [1.82, 2.24) is 14.3 Å². The lowest BCUT2D eigenvalue weighted by Crippen LogP contribution is -2.42. The van der Waals surface area contributed by atoms with Gasteiger partial charge in [-0.2, -0.15) is 5.10 Å². The van der Waals surface area contributed by atoms with Crippen LogP contribution in [0.2, 0.25) is 0 Å². The summed E-state index contributed by atoms with van der Waals surface area (Å²) in [4.78, 5) is 14.7. The zero-order valence-corrected chi connectivity index (χ0v) is 21.1. The zero-order chi connectivity index (χ0) is 25.8. The lowest BCUT2D eigenvalue weighted by molar-refractivity contribution is 0.0982. The number of carbonyl (C=O) groups excluding carboxylic acids is 1. The number of alkyl halides is 1. The molecule has 1 saturated carbocycles. The molecule has 1 saturated heterocycles. The van der Waals surface area contributed by atoms with Gasteiger partial charge >= 0.3 is 0 Å². The Morgan fingerprint density at radius 3 is 2.64 bits per heavy atom. The molecular weight excluding hydrogens is 490 g/mol. The third kappa shape index (κ3) is 4.63. The first-order valence-corrected chi connectivity index (χ1v) is 13.3. The van der Waals surface area contributed by atoms with Gasteiger partial charge in [-0.1, -0.05) is 0 Å². The number of halogens is 2. The quantitative estimate of drug-likeness (QED) is 0.527. The second-order valence-electron chi connectivity index (χ2n) is 10.3. The number of pyridine rings is 1. The minimum atomic E-state index is -3.93. The molecule has 0 unspecified atom stereocenters. The summed E-state index contributed by atoms with van der Waals surface area (Å²) in [5.74, 6) is -0.690. The second kappa shape index (κ2) is 8.72. The number of amides is 1. The number of fused-ring (bicyclic) bond motifs is 1. The van der Waals surface area contributed by atoms with Crippen LogP contribution in [0.4, 0.5) is 14.5 Å². The first kappa shape index (κ1) is 24.5. The largest absolute Gasteiger partial charge is 0.490 e. The Morgan fingerprint density at radius 1 is 1.19 bits per heavy atom. The van der Waals surface area contributed by atoms with Gasteiger partial charge in [-0.25, -0.2) is 26.4 Å². The van der Waals surface area contributed by atoms with Crippen molar-refractivity contribution in [2.75, 3.05) is 11.4 Å². The molecule has 1 amide bonds. The highest BCUT2D eigenvalue weighted by molar-refractivity contribution is 7.91. The number of benzene rings is 1. The van der Waals surface area contributed by atoms with Crippen molar-refractivity contribution in [2.24, 2.45) is 0 Å². The first-order valence-electron chi connectivity index (χ1n) is 11.8. The van der Waals surface area contributed by atoms with Crippen LogP contribution in [0.25, 0.3) is 5.52 Å². The molecule has 1 aliphatic heterocycles. The fourth-order valence-electron chi connectivity index (χ4n) is 4.27. The summed E-state index contributed by atoms with van der Waals surface area (Å²) < 4.78 is 62.3. The molecule has 36 heavy (non-hydrogen) atoms. The van der Waals surface area contributed by atoms with Gasteiger partial charge in [0.05, 0.1) is 34.2 Å². The Balaban J connectivity index is 1.50. The molecule has 2 aromatic heterocycles. The molecule has 11 heteroatoms. The Kier molecular flexibility index (Phi) is 5.93. The van der Waals surface area contributed by atoms with Gasteiger partial charge in [-0.3, -0.25) is 4.79 Å². The second-order valence-corrected chi connectivity index (χ2v) is 12.8. The lowest BCUT2D eigenvalue weighted by Gasteiger charge is -2.28. The molecule has 0 spiro atoms. The molecule has 3 aromatic rings. The molecule has 8 nitrogen and oxygen atoms in total. The van der Waals surface area contributed by atoms with Crippen LogP contribution in [0.15, 0.2) is 42.7 Å². The third-order valence-corrected chi connectivity index (χ3v) is 8.58. The summed E-state index contributed by atoms with van der Waals surface area (Å²) in [5, 5.41) is 4.16. The topological polar surface area (TPSA) is 93.0 Å².